The van der Waals surface area contributed by atoms with Crippen LogP contribution in [0.5, 0.6) is 0 Å². The van der Waals surface area contributed by atoms with Crippen molar-refractivity contribution in [1.29, 1.82) is 0 Å². The molecule has 3 heterocycles. The fourth-order valence-electron chi connectivity index (χ4n) is 5.64. The molecule has 0 radical (unpaired) electrons. The molecule has 2 amide bonds. The molecule has 37 heavy (non-hydrogen) atoms. The van der Waals surface area contributed by atoms with Gasteiger partial charge in [-0.15, -0.1) is 0 Å². The number of nitro benzene ring substituents is 1. The van der Waals surface area contributed by atoms with Gasteiger partial charge in [0.15, 0.2) is 5.78 Å². The molecule has 10 heteroatoms. The number of hydrazone groups is 1. The van der Waals surface area contributed by atoms with E-state index in [1.165, 1.54) is 35.3 Å². The monoisotopic (exact) mass is 498 g/mol. The molecule has 2 saturated heterocycles. The van der Waals surface area contributed by atoms with E-state index in [0.29, 0.717) is 5.56 Å². The van der Waals surface area contributed by atoms with Crippen LogP contribution in [0.1, 0.15) is 33.1 Å². The second kappa shape index (κ2) is 8.16. The molecule has 0 aliphatic carbocycles. The maximum absolute atomic E-state index is 13.9. The molecular formula is C27H19FN4O5. The van der Waals surface area contributed by atoms with Gasteiger partial charge in [-0.2, -0.15) is 5.10 Å². The molecule has 3 aliphatic heterocycles. The molecule has 3 aromatic rings. The SMILES string of the molecule is Cc1ccc([N+](=O)[O-])cc1N1C(=O)C2C(C1=O)C1c3ccccc3C=NN1C2C(=O)c1ccc(F)cc1. The van der Waals surface area contributed by atoms with Gasteiger partial charge in [-0.1, -0.05) is 30.3 Å². The van der Waals surface area contributed by atoms with E-state index in [0.717, 1.165) is 28.2 Å². The third kappa shape index (κ3) is 3.29. The van der Waals surface area contributed by atoms with Gasteiger partial charge in [-0.3, -0.25) is 29.5 Å². The molecule has 0 spiro atoms. The highest BCUT2D eigenvalue weighted by molar-refractivity contribution is 6.25. The van der Waals surface area contributed by atoms with Crippen LogP contribution in [-0.4, -0.2) is 39.8 Å². The molecule has 2 fully saturated rings. The first-order valence-electron chi connectivity index (χ1n) is 11.6. The number of halogens is 1. The molecule has 3 aliphatic rings. The maximum atomic E-state index is 13.9. The number of nitro groups is 1. The van der Waals surface area contributed by atoms with Crippen molar-refractivity contribution < 1.29 is 23.7 Å². The summed E-state index contributed by atoms with van der Waals surface area (Å²) in [5.74, 6) is -4.18. The van der Waals surface area contributed by atoms with Crippen molar-refractivity contribution in [3.63, 3.8) is 0 Å². The summed E-state index contributed by atoms with van der Waals surface area (Å²) in [4.78, 5) is 53.4. The predicted octanol–water partition coefficient (Wildman–Crippen LogP) is 3.80. The molecule has 184 valence electrons. The second-order valence-corrected chi connectivity index (χ2v) is 9.31. The van der Waals surface area contributed by atoms with E-state index < -0.39 is 52.3 Å². The van der Waals surface area contributed by atoms with Gasteiger partial charge in [0.25, 0.3) is 5.69 Å². The number of non-ortho nitro benzene ring substituents is 1. The van der Waals surface area contributed by atoms with Crippen molar-refractivity contribution in [1.82, 2.24) is 5.01 Å². The molecule has 0 bridgehead atoms. The minimum atomic E-state index is -1.12. The number of imide groups is 1. The molecule has 3 aromatic carbocycles. The fourth-order valence-corrected chi connectivity index (χ4v) is 5.64. The Balaban J connectivity index is 1.51. The topological polar surface area (TPSA) is 113 Å². The van der Waals surface area contributed by atoms with Crippen LogP contribution < -0.4 is 4.90 Å². The number of carbonyl (C=O) groups is 3. The number of amides is 2. The van der Waals surface area contributed by atoms with Gasteiger partial charge in [0.2, 0.25) is 11.8 Å². The Morgan fingerprint density at radius 1 is 1.00 bits per heavy atom. The minimum absolute atomic E-state index is 0.116. The number of hydrogen-bond acceptors (Lipinski definition) is 7. The first-order chi connectivity index (χ1) is 17.8. The van der Waals surface area contributed by atoms with Crippen LogP contribution >= 0.6 is 0 Å². The van der Waals surface area contributed by atoms with Crippen LogP contribution in [0.4, 0.5) is 15.8 Å². The summed E-state index contributed by atoms with van der Waals surface area (Å²) in [6.45, 7) is 1.65. The normalized spacial score (nSPS) is 23.6. The molecule has 6 rings (SSSR count). The van der Waals surface area contributed by atoms with Crippen LogP contribution in [0.15, 0.2) is 71.8 Å². The van der Waals surface area contributed by atoms with Crippen molar-refractivity contribution in [2.45, 2.75) is 19.0 Å². The summed E-state index contributed by atoms with van der Waals surface area (Å²) < 4.78 is 13.6. The van der Waals surface area contributed by atoms with Crippen molar-refractivity contribution in [3.05, 3.63) is 105 Å². The standard InChI is InChI=1S/C27H19FN4O5/c1-14-6-11-18(32(36)37)12-20(14)30-26(34)21-22(27(30)35)24(25(33)15-7-9-17(28)10-8-15)31-23(21)19-5-3-2-4-16(19)13-29-31/h2-13,21-24H,1H3. The fraction of sp³-hybridized carbons (Fsp3) is 0.185. The van der Waals surface area contributed by atoms with Gasteiger partial charge in [0, 0.05) is 17.7 Å². The van der Waals surface area contributed by atoms with Gasteiger partial charge in [-0.25, -0.2) is 9.29 Å². The summed E-state index contributed by atoms with van der Waals surface area (Å²) in [6, 6.07) is 14.5. The van der Waals surface area contributed by atoms with Gasteiger partial charge in [-0.05, 0) is 47.9 Å². The summed E-state index contributed by atoms with van der Waals surface area (Å²) in [5.41, 5.74) is 2.07. The van der Waals surface area contributed by atoms with Gasteiger partial charge in [0.1, 0.15) is 11.9 Å². The van der Waals surface area contributed by atoms with Crippen molar-refractivity contribution in [3.8, 4) is 0 Å². The van der Waals surface area contributed by atoms with E-state index in [9.17, 15) is 28.9 Å². The molecule has 0 aromatic heterocycles. The van der Waals surface area contributed by atoms with Crippen LogP contribution in [-0.2, 0) is 9.59 Å². The molecule has 4 atom stereocenters. The molecular weight excluding hydrogens is 479 g/mol. The first kappa shape index (κ1) is 22.7. The highest BCUT2D eigenvalue weighted by Gasteiger charge is 2.65. The Morgan fingerprint density at radius 3 is 2.43 bits per heavy atom. The number of rotatable bonds is 4. The van der Waals surface area contributed by atoms with Crippen LogP contribution in [0.2, 0.25) is 0 Å². The Bertz CT molecular complexity index is 1540. The van der Waals surface area contributed by atoms with Crippen molar-refractivity contribution in [2.75, 3.05) is 4.90 Å². The first-order valence-corrected chi connectivity index (χ1v) is 11.6. The third-order valence-corrected chi connectivity index (χ3v) is 7.33. The number of nitrogens with zero attached hydrogens (tertiary/aromatic N) is 4. The third-order valence-electron chi connectivity index (χ3n) is 7.33. The minimum Gasteiger partial charge on any atom is -0.292 e. The highest BCUT2D eigenvalue weighted by atomic mass is 19.1. The number of benzene rings is 3. The Labute approximate surface area is 210 Å². The van der Waals surface area contributed by atoms with E-state index in [1.54, 1.807) is 13.1 Å². The molecule has 4 unspecified atom stereocenters. The zero-order valence-corrected chi connectivity index (χ0v) is 19.4. The maximum Gasteiger partial charge on any atom is 0.271 e. The van der Waals surface area contributed by atoms with Crippen molar-refractivity contribution >= 4 is 35.2 Å². The number of carbonyl (C=O) groups excluding carboxylic acids is 3. The number of anilines is 1. The number of ketones is 1. The van der Waals surface area contributed by atoms with E-state index in [1.807, 2.05) is 24.3 Å². The molecule has 0 N–H and O–H groups in total. The number of aryl methyl sites for hydroxylation is 1. The van der Waals surface area contributed by atoms with E-state index in [4.69, 9.17) is 0 Å². The average molecular weight is 498 g/mol. The average Bonchev–Trinajstić information content (AvgIpc) is 3.37. The largest absolute Gasteiger partial charge is 0.292 e. The lowest BCUT2D eigenvalue weighted by Crippen LogP contribution is -2.44. The second-order valence-electron chi connectivity index (χ2n) is 9.31. The number of hydrogen-bond donors (Lipinski definition) is 0. The van der Waals surface area contributed by atoms with Crippen LogP contribution in [0.3, 0.4) is 0 Å². The highest BCUT2D eigenvalue weighted by Crippen LogP contribution is 2.53. The van der Waals surface area contributed by atoms with E-state index in [-0.39, 0.29) is 16.9 Å². The zero-order valence-electron chi connectivity index (χ0n) is 19.4. The summed E-state index contributed by atoms with van der Waals surface area (Å²) in [5, 5.41) is 17.4. The smallest absolute Gasteiger partial charge is 0.271 e. The zero-order chi connectivity index (χ0) is 26.0. The molecule has 0 saturated carbocycles. The molecule has 9 nitrogen and oxygen atoms in total. The Morgan fingerprint density at radius 2 is 1.70 bits per heavy atom. The van der Waals surface area contributed by atoms with Crippen LogP contribution in [0, 0.1) is 34.7 Å². The number of fused-ring (bicyclic) bond motifs is 5. The lowest BCUT2D eigenvalue weighted by Gasteiger charge is -2.34. The van der Waals surface area contributed by atoms with E-state index >= 15 is 0 Å². The lowest BCUT2D eigenvalue weighted by atomic mass is 9.83. The summed E-state index contributed by atoms with van der Waals surface area (Å²) >= 11 is 0. The summed E-state index contributed by atoms with van der Waals surface area (Å²) in [7, 11) is 0. The van der Waals surface area contributed by atoms with Crippen LogP contribution in [0.25, 0.3) is 0 Å². The van der Waals surface area contributed by atoms with Gasteiger partial charge >= 0.3 is 0 Å². The summed E-state index contributed by atoms with van der Waals surface area (Å²) in [6.07, 6.45) is 1.59. The quantitative estimate of drug-likeness (QED) is 0.234. The van der Waals surface area contributed by atoms with E-state index in [2.05, 4.69) is 5.10 Å². The lowest BCUT2D eigenvalue weighted by molar-refractivity contribution is -0.384. The Hall–Kier alpha value is -4.73. The van der Waals surface area contributed by atoms with Gasteiger partial charge in [0.05, 0.1) is 34.7 Å². The Kier molecular flexibility index (Phi) is 5.01. The predicted molar refractivity (Wildman–Crippen MR) is 130 cm³/mol. The number of Topliss-reactive ketones (excluding diaryl/α,β-unsaturated/α-hetero) is 1. The van der Waals surface area contributed by atoms with Crippen molar-refractivity contribution in [2.24, 2.45) is 16.9 Å². The van der Waals surface area contributed by atoms with Gasteiger partial charge < -0.3 is 0 Å².